The van der Waals surface area contributed by atoms with E-state index >= 15 is 0 Å². The van der Waals surface area contributed by atoms with Gasteiger partial charge in [0.25, 0.3) is 0 Å². The van der Waals surface area contributed by atoms with E-state index in [1.54, 1.807) is 12.1 Å². The first-order valence-corrected chi connectivity index (χ1v) is 10.4. The summed E-state index contributed by atoms with van der Waals surface area (Å²) >= 11 is 4.68. The average molecular weight is 387 g/mol. The molecule has 0 heterocycles. The average Bonchev–Trinajstić information content (AvgIpc) is 2.48. The highest BCUT2D eigenvalue weighted by Gasteiger charge is 2.08. The summed E-state index contributed by atoms with van der Waals surface area (Å²) in [6.45, 7) is 0.0860. The third kappa shape index (κ3) is 9.06. The molecule has 0 bridgehead atoms. The Morgan fingerprint density at radius 3 is 2.09 bits per heavy atom. The van der Waals surface area contributed by atoms with Gasteiger partial charge < -0.3 is 14.3 Å². The molecule has 0 aliphatic heterocycles. The predicted octanol–water partition coefficient (Wildman–Crippen LogP) is 1.95. The molecule has 0 aliphatic carbocycles. The monoisotopic (exact) mass is 387 g/mol. The number of nitrogens with zero attached hydrogens (tertiary/aromatic N) is 1. The van der Waals surface area contributed by atoms with Crippen LogP contribution in [0.5, 0.6) is 5.75 Å². The van der Waals surface area contributed by atoms with E-state index in [1.807, 2.05) is 12.1 Å². The Hall–Kier alpha value is -0.200. The topological polar surface area (TPSA) is 106 Å². The maximum Gasteiger partial charge on any atom is 0.317 e. The molecule has 0 fully saturated rings. The molecule has 22 heavy (non-hydrogen) atoms. The summed E-state index contributed by atoms with van der Waals surface area (Å²) < 4.78 is 35.5. The van der Waals surface area contributed by atoms with Crippen molar-refractivity contribution in [1.82, 2.24) is 4.90 Å². The summed E-state index contributed by atoms with van der Waals surface area (Å²) in [4.78, 5) is 18.9. The molecule has 0 amide bonds. The summed E-state index contributed by atoms with van der Waals surface area (Å²) in [5.41, 5.74) is 0.992. The van der Waals surface area contributed by atoms with Crippen molar-refractivity contribution in [2.24, 2.45) is 0 Å². The van der Waals surface area contributed by atoms with E-state index in [0.717, 1.165) is 5.56 Å². The van der Waals surface area contributed by atoms with Crippen molar-refractivity contribution < 1.29 is 32.5 Å². The van der Waals surface area contributed by atoms with Gasteiger partial charge in [0.2, 0.25) is 7.58 Å². The van der Waals surface area contributed by atoms with E-state index in [9.17, 15) is 9.13 Å². The Bertz CT molecular complexity index is 498. The van der Waals surface area contributed by atoms with Crippen LogP contribution in [-0.2, 0) is 36.4 Å². The second kappa shape index (κ2) is 11.4. The highest BCUT2D eigenvalue weighted by molar-refractivity contribution is 7.94. The zero-order chi connectivity index (χ0) is 16.4. The first kappa shape index (κ1) is 19.8. The second-order valence-electron chi connectivity index (χ2n) is 4.03. The molecule has 0 aliphatic rings. The van der Waals surface area contributed by atoms with Crippen LogP contribution in [-0.4, -0.2) is 34.7 Å². The normalized spacial score (nSPS) is 14.1. The van der Waals surface area contributed by atoms with Crippen molar-refractivity contribution >= 4 is 35.9 Å². The van der Waals surface area contributed by atoms with E-state index in [4.69, 9.17) is 14.3 Å². The van der Waals surface area contributed by atoms with Crippen molar-refractivity contribution in [3.63, 3.8) is 0 Å². The quantitative estimate of drug-likeness (QED) is 0.435. The number of benzene rings is 1. The standard InChI is InChI=1S/C10H16NO7P3S/c12-20(13)16-7-11(8-17-21(14)15)6-5-9-1-3-10(4-2-9)18-19-22/h1-4,20-21H,5-8H2,(H,12,13)(H,14,15). The Balaban J connectivity index is 2.50. The minimum atomic E-state index is -3.07. The van der Waals surface area contributed by atoms with Crippen LogP contribution in [0.1, 0.15) is 5.56 Å². The van der Waals surface area contributed by atoms with E-state index in [0.29, 0.717) is 26.3 Å². The molecule has 0 aromatic heterocycles. The van der Waals surface area contributed by atoms with Gasteiger partial charge >= 0.3 is 16.5 Å². The van der Waals surface area contributed by atoms with E-state index in [-0.39, 0.29) is 13.5 Å². The van der Waals surface area contributed by atoms with Crippen molar-refractivity contribution in [2.75, 3.05) is 20.0 Å². The molecule has 0 saturated heterocycles. The van der Waals surface area contributed by atoms with Crippen LogP contribution in [0.2, 0.25) is 0 Å². The van der Waals surface area contributed by atoms with Gasteiger partial charge in [-0.1, -0.05) is 12.1 Å². The zero-order valence-electron chi connectivity index (χ0n) is 11.4. The zero-order valence-corrected chi connectivity index (χ0v) is 15.1. The Morgan fingerprint density at radius 1 is 1.09 bits per heavy atom. The Morgan fingerprint density at radius 2 is 1.64 bits per heavy atom. The fourth-order valence-electron chi connectivity index (χ4n) is 1.51. The fraction of sp³-hybridized carbons (Fsp3) is 0.400. The van der Waals surface area contributed by atoms with Gasteiger partial charge in [-0.05, 0) is 35.9 Å². The molecule has 0 saturated carbocycles. The van der Waals surface area contributed by atoms with E-state index in [1.165, 1.54) is 4.90 Å². The second-order valence-corrected chi connectivity index (χ2v) is 6.45. The van der Waals surface area contributed by atoms with Crippen LogP contribution in [0.3, 0.4) is 0 Å². The number of hydrogen-bond acceptors (Lipinski definition) is 7. The first-order valence-electron chi connectivity index (χ1n) is 6.03. The highest BCUT2D eigenvalue weighted by Crippen LogP contribution is 2.19. The minimum absolute atomic E-state index is 0.167. The van der Waals surface area contributed by atoms with Crippen LogP contribution in [0.4, 0.5) is 0 Å². The maximum atomic E-state index is 10.6. The van der Waals surface area contributed by atoms with Gasteiger partial charge in [0.1, 0.15) is 19.2 Å². The van der Waals surface area contributed by atoms with Crippen molar-refractivity contribution in [3.8, 4) is 5.75 Å². The van der Waals surface area contributed by atoms with E-state index in [2.05, 4.69) is 20.9 Å². The lowest BCUT2D eigenvalue weighted by Crippen LogP contribution is -2.29. The first-order chi connectivity index (χ1) is 10.5. The van der Waals surface area contributed by atoms with Crippen LogP contribution in [0.15, 0.2) is 24.3 Å². The number of rotatable bonds is 11. The minimum Gasteiger partial charge on any atom is -0.429 e. The summed E-state index contributed by atoms with van der Waals surface area (Å²) in [5.74, 6) is 0.668. The van der Waals surface area contributed by atoms with Crippen molar-refractivity contribution in [1.29, 1.82) is 0 Å². The summed E-state index contributed by atoms with van der Waals surface area (Å²) in [5, 5.41) is 0. The molecule has 1 rings (SSSR count). The molecule has 1 aromatic rings. The van der Waals surface area contributed by atoms with Crippen LogP contribution >= 0.6 is 24.1 Å². The lowest BCUT2D eigenvalue weighted by molar-refractivity contribution is 0.0516. The third-order valence-corrected chi connectivity index (χ3v) is 3.78. The molecule has 0 spiro atoms. The molecule has 124 valence electrons. The fourth-order valence-corrected chi connectivity index (χ4v) is 2.56. The highest BCUT2D eigenvalue weighted by atomic mass is 32.4. The molecular formula is C10H16NO7P3S. The molecular weight excluding hydrogens is 371 g/mol. The van der Waals surface area contributed by atoms with Crippen LogP contribution < -0.4 is 4.52 Å². The van der Waals surface area contributed by atoms with Gasteiger partial charge in [-0.25, -0.2) is 0 Å². The van der Waals surface area contributed by atoms with Gasteiger partial charge in [-0.15, -0.1) is 0 Å². The Labute approximate surface area is 135 Å². The SMILES string of the molecule is O=[PH](O)OCN(CCc1ccc(OP=S)cc1)CO[PH](=O)O. The van der Waals surface area contributed by atoms with Gasteiger partial charge in [-0.3, -0.25) is 23.1 Å². The largest absolute Gasteiger partial charge is 0.429 e. The van der Waals surface area contributed by atoms with Crippen LogP contribution in [0, 0.1) is 0 Å². The summed E-state index contributed by atoms with van der Waals surface area (Å²) in [7, 11) is -5.73. The van der Waals surface area contributed by atoms with Gasteiger partial charge in [0.15, 0.2) is 0 Å². The lowest BCUT2D eigenvalue weighted by atomic mass is 10.1. The van der Waals surface area contributed by atoms with Gasteiger partial charge in [0, 0.05) is 6.54 Å². The molecule has 12 heteroatoms. The molecule has 8 nitrogen and oxygen atoms in total. The van der Waals surface area contributed by atoms with Crippen LogP contribution in [0.25, 0.3) is 0 Å². The smallest absolute Gasteiger partial charge is 0.317 e. The molecule has 1 aromatic carbocycles. The summed E-state index contributed by atoms with van der Waals surface area (Å²) in [6.07, 6.45) is 0.595. The van der Waals surface area contributed by atoms with Crippen molar-refractivity contribution in [3.05, 3.63) is 29.8 Å². The van der Waals surface area contributed by atoms with E-state index < -0.39 is 16.5 Å². The summed E-state index contributed by atoms with van der Waals surface area (Å²) in [6, 6.07) is 7.29. The maximum absolute atomic E-state index is 10.6. The number of hydrogen-bond donors (Lipinski definition) is 2. The molecule has 2 atom stereocenters. The Kier molecular flexibility index (Phi) is 10.2. The molecule has 2 N–H and O–H groups in total. The third-order valence-electron chi connectivity index (χ3n) is 2.52. The predicted molar refractivity (Wildman–Crippen MR) is 86.1 cm³/mol. The van der Waals surface area contributed by atoms with Crippen molar-refractivity contribution in [2.45, 2.75) is 6.42 Å². The van der Waals surface area contributed by atoms with Gasteiger partial charge in [-0.2, -0.15) is 0 Å². The molecule has 0 radical (unpaired) electrons. The van der Waals surface area contributed by atoms with Gasteiger partial charge in [0.05, 0.1) is 0 Å². The molecule has 2 unspecified atom stereocenters. The lowest BCUT2D eigenvalue weighted by Gasteiger charge is -2.20.